The van der Waals surface area contributed by atoms with Crippen LogP contribution in [0.4, 0.5) is 0 Å². The van der Waals surface area contributed by atoms with Gasteiger partial charge in [-0.15, -0.1) is 0 Å². The lowest BCUT2D eigenvalue weighted by atomic mass is 9.95. The molecule has 1 aromatic carbocycles. The molecule has 1 heterocycles. The van der Waals surface area contributed by atoms with Crippen molar-refractivity contribution in [2.24, 2.45) is 5.92 Å². The van der Waals surface area contributed by atoms with E-state index in [0.717, 1.165) is 12.0 Å². The fourth-order valence-electron chi connectivity index (χ4n) is 3.18. The van der Waals surface area contributed by atoms with E-state index in [4.69, 9.17) is 9.57 Å². The fraction of sp³-hybridized carbons (Fsp3) is 0.471. The Hall–Kier alpha value is -1.65. The quantitative estimate of drug-likeness (QED) is 0.630. The number of fused-ring (bicyclic) bond motifs is 1. The van der Waals surface area contributed by atoms with Crippen molar-refractivity contribution in [2.45, 2.75) is 38.5 Å². The predicted molar refractivity (Wildman–Crippen MR) is 79.2 cm³/mol. The minimum Gasteiger partial charge on any atom is -0.465 e. The first-order valence-electron chi connectivity index (χ1n) is 7.55. The molecule has 4 heteroatoms. The maximum Gasteiger partial charge on any atom is 0.326 e. The summed E-state index contributed by atoms with van der Waals surface area (Å²) in [5.74, 6) is -0.0216. The molecule has 21 heavy (non-hydrogen) atoms. The van der Waals surface area contributed by atoms with E-state index in [1.165, 1.54) is 0 Å². The third-order valence-corrected chi connectivity index (χ3v) is 4.27. The highest BCUT2D eigenvalue weighted by molar-refractivity contribution is 5.76. The topological polar surface area (TPSA) is 38.8 Å². The molecule has 0 aromatic heterocycles. The summed E-state index contributed by atoms with van der Waals surface area (Å²) in [6, 6.07) is 9.78. The van der Waals surface area contributed by atoms with Crippen LogP contribution < -0.4 is 0 Å². The van der Waals surface area contributed by atoms with Gasteiger partial charge in [0, 0.05) is 5.92 Å². The van der Waals surface area contributed by atoms with Crippen LogP contribution in [0.5, 0.6) is 0 Å². The Balaban J connectivity index is 1.85. The highest BCUT2D eigenvalue weighted by atomic mass is 16.7. The van der Waals surface area contributed by atoms with Gasteiger partial charge >= 0.3 is 5.97 Å². The first kappa shape index (κ1) is 14.3. The van der Waals surface area contributed by atoms with Crippen molar-refractivity contribution in [3.05, 3.63) is 48.0 Å². The second-order valence-corrected chi connectivity index (χ2v) is 5.54. The van der Waals surface area contributed by atoms with E-state index in [-0.39, 0.29) is 30.1 Å². The predicted octanol–water partition coefficient (Wildman–Crippen LogP) is 2.87. The number of hydroxylamine groups is 2. The van der Waals surface area contributed by atoms with E-state index in [9.17, 15) is 4.79 Å². The summed E-state index contributed by atoms with van der Waals surface area (Å²) in [5.41, 5.74) is 1.13. The molecule has 1 unspecified atom stereocenters. The Morgan fingerprint density at radius 2 is 2.19 bits per heavy atom. The molecule has 1 aliphatic carbocycles. The highest BCUT2D eigenvalue weighted by Gasteiger charge is 2.50. The number of allylic oxidation sites excluding steroid dienone is 1. The van der Waals surface area contributed by atoms with Gasteiger partial charge in [-0.1, -0.05) is 42.5 Å². The monoisotopic (exact) mass is 287 g/mol. The third kappa shape index (κ3) is 2.61. The number of hydrogen-bond donors (Lipinski definition) is 0. The number of rotatable bonds is 4. The first-order chi connectivity index (χ1) is 10.2. The molecule has 0 bridgehead atoms. The number of ether oxygens (including phenoxy) is 1. The van der Waals surface area contributed by atoms with Crippen LogP contribution in [0, 0.1) is 5.92 Å². The van der Waals surface area contributed by atoms with Crippen LogP contribution in [0.2, 0.25) is 0 Å². The van der Waals surface area contributed by atoms with E-state index in [2.05, 4.69) is 31.2 Å². The van der Waals surface area contributed by atoms with Crippen molar-refractivity contribution in [1.82, 2.24) is 5.06 Å². The Morgan fingerprint density at radius 1 is 1.43 bits per heavy atom. The van der Waals surface area contributed by atoms with Crippen LogP contribution in [0.15, 0.2) is 42.5 Å². The molecular formula is C17H21NO3. The van der Waals surface area contributed by atoms with Gasteiger partial charge in [0.05, 0.1) is 12.6 Å². The van der Waals surface area contributed by atoms with Gasteiger partial charge in [0.25, 0.3) is 0 Å². The summed E-state index contributed by atoms with van der Waals surface area (Å²) in [7, 11) is 0. The standard InChI is InChI=1S/C17H21NO3/c1-3-20-17(19)16-14-10-7-11-15(14)21-18(16)12(2)13-8-5-4-6-9-13/h4-9,11-12,14-16H,3,10H2,1-2H3/t12-,14-,15+,16?/m0/s1. The summed E-state index contributed by atoms with van der Waals surface area (Å²) in [6.45, 7) is 4.29. The van der Waals surface area contributed by atoms with Gasteiger partial charge < -0.3 is 4.74 Å². The summed E-state index contributed by atoms with van der Waals surface area (Å²) in [6.07, 6.45) is 5.00. The minimum atomic E-state index is -0.333. The van der Waals surface area contributed by atoms with Crippen molar-refractivity contribution in [3.8, 4) is 0 Å². The van der Waals surface area contributed by atoms with Crippen LogP contribution in [0.3, 0.4) is 0 Å². The number of nitrogens with zero attached hydrogens (tertiary/aromatic N) is 1. The van der Waals surface area contributed by atoms with E-state index < -0.39 is 0 Å². The third-order valence-electron chi connectivity index (χ3n) is 4.27. The van der Waals surface area contributed by atoms with Gasteiger partial charge in [0.2, 0.25) is 0 Å². The molecule has 1 aliphatic heterocycles. The average Bonchev–Trinajstić information content (AvgIpc) is 3.07. The van der Waals surface area contributed by atoms with Gasteiger partial charge in [0.15, 0.2) is 0 Å². The first-order valence-corrected chi connectivity index (χ1v) is 7.55. The van der Waals surface area contributed by atoms with Gasteiger partial charge in [-0.25, -0.2) is 0 Å². The largest absolute Gasteiger partial charge is 0.465 e. The Bertz CT molecular complexity index is 528. The molecule has 0 N–H and O–H groups in total. The summed E-state index contributed by atoms with van der Waals surface area (Å²) < 4.78 is 5.26. The Kier molecular flexibility index (Phi) is 4.08. The lowest BCUT2D eigenvalue weighted by Gasteiger charge is -2.29. The molecule has 1 aromatic rings. The van der Waals surface area contributed by atoms with E-state index >= 15 is 0 Å². The normalized spacial score (nSPS) is 29.3. The van der Waals surface area contributed by atoms with Gasteiger partial charge in [0.1, 0.15) is 12.1 Å². The number of hydrogen-bond acceptors (Lipinski definition) is 4. The number of esters is 1. The Labute approximate surface area is 125 Å². The highest BCUT2D eigenvalue weighted by Crippen LogP contribution is 2.40. The average molecular weight is 287 g/mol. The minimum absolute atomic E-state index is 0.00873. The van der Waals surface area contributed by atoms with E-state index in [1.807, 2.05) is 30.2 Å². The summed E-state index contributed by atoms with van der Waals surface area (Å²) in [5, 5.41) is 1.83. The van der Waals surface area contributed by atoms with Crippen LogP contribution in [-0.2, 0) is 14.4 Å². The van der Waals surface area contributed by atoms with Gasteiger partial charge in [-0.05, 0) is 25.8 Å². The molecule has 4 atom stereocenters. The van der Waals surface area contributed by atoms with Crippen molar-refractivity contribution < 1.29 is 14.4 Å². The zero-order valence-corrected chi connectivity index (χ0v) is 12.4. The molecule has 2 aliphatic rings. The van der Waals surface area contributed by atoms with E-state index in [0.29, 0.717) is 6.61 Å². The maximum absolute atomic E-state index is 12.4. The molecule has 1 fully saturated rings. The van der Waals surface area contributed by atoms with Gasteiger partial charge in [-0.2, -0.15) is 5.06 Å². The zero-order chi connectivity index (χ0) is 14.8. The molecule has 0 spiro atoms. The molecule has 4 nitrogen and oxygen atoms in total. The number of benzene rings is 1. The molecule has 3 rings (SSSR count). The van der Waals surface area contributed by atoms with Crippen LogP contribution in [0.1, 0.15) is 31.9 Å². The lowest BCUT2D eigenvalue weighted by molar-refractivity contribution is -0.192. The zero-order valence-electron chi connectivity index (χ0n) is 12.4. The fourth-order valence-corrected chi connectivity index (χ4v) is 3.18. The second kappa shape index (κ2) is 6.00. The van der Waals surface area contributed by atoms with Crippen LogP contribution >= 0.6 is 0 Å². The molecule has 0 amide bonds. The SMILES string of the molecule is CCOC(=O)C1[C@H]2CC=C[C@H]2ON1[C@@H](C)c1ccccc1. The summed E-state index contributed by atoms with van der Waals surface area (Å²) in [4.78, 5) is 18.4. The maximum atomic E-state index is 12.4. The van der Waals surface area contributed by atoms with Crippen molar-refractivity contribution in [3.63, 3.8) is 0 Å². The van der Waals surface area contributed by atoms with Crippen LogP contribution in [-0.4, -0.2) is 29.8 Å². The molecular weight excluding hydrogens is 266 g/mol. The van der Waals surface area contributed by atoms with Crippen LogP contribution in [0.25, 0.3) is 0 Å². The van der Waals surface area contributed by atoms with Gasteiger partial charge in [-0.3, -0.25) is 9.63 Å². The summed E-state index contributed by atoms with van der Waals surface area (Å²) >= 11 is 0. The van der Waals surface area contributed by atoms with Crippen molar-refractivity contribution >= 4 is 5.97 Å². The molecule has 1 saturated heterocycles. The second-order valence-electron chi connectivity index (χ2n) is 5.54. The van der Waals surface area contributed by atoms with Crippen molar-refractivity contribution in [2.75, 3.05) is 6.61 Å². The lowest BCUT2D eigenvalue weighted by Crippen LogP contribution is -2.41. The number of carbonyl (C=O) groups is 1. The Morgan fingerprint density at radius 3 is 2.90 bits per heavy atom. The molecule has 0 saturated carbocycles. The van der Waals surface area contributed by atoms with Crippen molar-refractivity contribution in [1.29, 1.82) is 0 Å². The number of carbonyl (C=O) groups excluding carboxylic acids is 1. The molecule has 0 radical (unpaired) electrons. The van der Waals surface area contributed by atoms with E-state index in [1.54, 1.807) is 0 Å². The smallest absolute Gasteiger partial charge is 0.326 e. The molecule has 112 valence electrons.